The number of Topliss-reactive ketones (excluding diaryl/α,β-unsaturated/α-hetero) is 1. The van der Waals surface area contributed by atoms with Gasteiger partial charge in [-0.15, -0.1) is 0 Å². The third-order valence-corrected chi connectivity index (χ3v) is 4.91. The fourth-order valence-electron chi connectivity index (χ4n) is 3.52. The molecule has 0 saturated carbocycles. The number of aliphatic hydroxyl groups is 1. The quantitative estimate of drug-likeness (QED) is 0.672. The SMILES string of the molecule is CCOc1cccc(C2C(C(=O)CC(C)C)=C(O)C(=O)N2c2cccc(Cl)c2)c1. The number of rotatable bonds is 7. The van der Waals surface area contributed by atoms with Crippen molar-refractivity contribution in [1.82, 2.24) is 0 Å². The van der Waals surface area contributed by atoms with Crippen molar-refractivity contribution in [2.45, 2.75) is 33.2 Å². The molecule has 152 valence electrons. The number of hydrogen-bond donors (Lipinski definition) is 1. The van der Waals surface area contributed by atoms with Crippen LogP contribution in [-0.2, 0) is 9.59 Å². The topological polar surface area (TPSA) is 66.8 Å². The Morgan fingerprint density at radius 3 is 2.59 bits per heavy atom. The number of carbonyl (C=O) groups is 2. The third kappa shape index (κ3) is 4.30. The maximum Gasteiger partial charge on any atom is 0.294 e. The number of ketones is 1. The van der Waals surface area contributed by atoms with Crippen LogP contribution >= 0.6 is 11.6 Å². The van der Waals surface area contributed by atoms with Crippen molar-refractivity contribution < 1.29 is 19.4 Å². The van der Waals surface area contributed by atoms with Gasteiger partial charge in [0, 0.05) is 17.1 Å². The highest BCUT2D eigenvalue weighted by atomic mass is 35.5. The smallest absolute Gasteiger partial charge is 0.294 e. The molecule has 1 aliphatic heterocycles. The van der Waals surface area contributed by atoms with E-state index in [1.54, 1.807) is 36.4 Å². The Balaban J connectivity index is 2.15. The molecule has 0 aliphatic carbocycles. The number of amides is 1. The van der Waals surface area contributed by atoms with E-state index in [1.807, 2.05) is 32.9 Å². The molecule has 2 aromatic carbocycles. The van der Waals surface area contributed by atoms with Gasteiger partial charge in [-0.05, 0) is 48.7 Å². The largest absolute Gasteiger partial charge is 0.503 e. The van der Waals surface area contributed by atoms with Crippen LogP contribution in [0, 0.1) is 5.92 Å². The average molecular weight is 414 g/mol. The Kier molecular flexibility index (Phi) is 6.28. The molecule has 1 heterocycles. The van der Waals surface area contributed by atoms with E-state index < -0.39 is 17.7 Å². The first-order valence-corrected chi connectivity index (χ1v) is 9.99. The van der Waals surface area contributed by atoms with Crippen molar-refractivity contribution in [3.05, 3.63) is 70.4 Å². The van der Waals surface area contributed by atoms with E-state index in [2.05, 4.69) is 0 Å². The van der Waals surface area contributed by atoms with Crippen LogP contribution in [-0.4, -0.2) is 23.4 Å². The number of anilines is 1. The lowest BCUT2D eigenvalue weighted by molar-refractivity contribution is -0.118. The molecule has 29 heavy (non-hydrogen) atoms. The second-order valence-corrected chi connectivity index (χ2v) is 7.78. The molecule has 1 N–H and O–H groups in total. The van der Waals surface area contributed by atoms with Crippen molar-refractivity contribution in [1.29, 1.82) is 0 Å². The van der Waals surface area contributed by atoms with E-state index in [4.69, 9.17) is 16.3 Å². The van der Waals surface area contributed by atoms with E-state index in [0.29, 0.717) is 28.6 Å². The van der Waals surface area contributed by atoms with Gasteiger partial charge in [0.05, 0.1) is 18.2 Å². The predicted octanol–water partition coefficient (Wildman–Crippen LogP) is 5.25. The summed E-state index contributed by atoms with van der Waals surface area (Å²) >= 11 is 6.13. The molecule has 0 fully saturated rings. The maximum atomic E-state index is 13.0. The van der Waals surface area contributed by atoms with Crippen LogP contribution in [0.15, 0.2) is 59.9 Å². The molecule has 1 aliphatic rings. The number of aliphatic hydroxyl groups excluding tert-OH is 1. The van der Waals surface area contributed by atoms with Crippen molar-refractivity contribution >= 4 is 29.0 Å². The Bertz CT molecular complexity index is 967. The van der Waals surface area contributed by atoms with Crippen LogP contribution in [0.4, 0.5) is 5.69 Å². The Morgan fingerprint density at radius 1 is 1.21 bits per heavy atom. The summed E-state index contributed by atoms with van der Waals surface area (Å²) in [4.78, 5) is 27.4. The van der Waals surface area contributed by atoms with Gasteiger partial charge >= 0.3 is 0 Å². The van der Waals surface area contributed by atoms with Gasteiger partial charge in [-0.1, -0.05) is 43.6 Å². The highest BCUT2D eigenvalue weighted by Gasteiger charge is 2.44. The highest BCUT2D eigenvalue weighted by Crippen LogP contribution is 2.42. The van der Waals surface area contributed by atoms with Crippen LogP contribution in [0.3, 0.4) is 0 Å². The number of halogens is 1. The minimum atomic E-state index is -0.757. The molecule has 0 bridgehead atoms. The Labute approximate surface area is 175 Å². The summed E-state index contributed by atoms with van der Waals surface area (Å²) in [6, 6.07) is 13.3. The van der Waals surface area contributed by atoms with Gasteiger partial charge in [0.25, 0.3) is 5.91 Å². The summed E-state index contributed by atoms with van der Waals surface area (Å²) < 4.78 is 5.59. The third-order valence-electron chi connectivity index (χ3n) is 4.67. The zero-order chi connectivity index (χ0) is 21.1. The maximum absolute atomic E-state index is 13.0. The first-order chi connectivity index (χ1) is 13.8. The second kappa shape index (κ2) is 8.70. The van der Waals surface area contributed by atoms with Crippen LogP contribution in [0.1, 0.15) is 38.8 Å². The zero-order valence-electron chi connectivity index (χ0n) is 16.7. The lowest BCUT2D eigenvalue weighted by Gasteiger charge is -2.27. The summed E-state index contributed by atoms with van der Waals surface area (Å²) in [7, 11) is 0. The summed E-state index contributed by atoms with van der Waals surface area (Å²) in [5.41, 5.74) is 1.30. The summed E-state index contributed by atoms with van der Waals surface area (Å²) in [5.74, 6) is -0.658. The number of hydrogen-bond acceptors (Lipinski definition) is 4. The van der Waals surface area contributed by atoms with Crippen molar-refractivity contribution in [3.63, 3.8) is 0 Å². The molecule has 0 spiro atoms. The molecule has 6 heteroatoms. The summed E-state index contributed by atoms with van der Waals surface area (Å²) in [6.07, 6.45) is 0.234. The first-order valence-electron chi connectivity index (χ1n) is 9.61. The van der Waals surface area contributed by atoms with Crippen LogP contribution in [0.25, 0.3) is 0 Å². The molecule has 0 saturated heterocycles. The first kappa shape index (κ1) is 20.9. The average Bonchev–Trinajstić information content (AvgIpc) is 2.93. The monoisotopic (exact) mass is 413 g/mol. The highest BCUT2D eigenvalue weighted by molar-refractivity contribution is 6.31. The molecule has 2 aromatic rings. The molecule has 0 aromatic heterocycles. The Morgan fingerprint density at radius 2 is 1.93 bits per heavy atom. The summed E-state index contributed by atoms with van der Waals surface area (Å²) in [5, 5.41) is 11.1. The second-order valence-electron chi connectivity index (χ2n) is 7.35. The number of nitrogens with zero attached hydrogens (tertiary/aromatic N) is 1. The van der Waals surface area contributed by atoms with Crippen LogP contribution in [0.2, 0.25) is 5.02 Å². The normalized spacial score (nSPS) is 16.7. The van der Waals surface area contributed by atoms with Gasteiger partial charge in [-0.2, -0.15) is 0 Å². The molecular weight excluding hydrogens is 390 g/mol. The van der Waals surface area contributed by atoms with E-state index in [9.17, 15) is 14.7 Å². The van der Waals surface area contributed by atoms with Gasteiger partial charge in [0.2, 0.25) is 0 Å². The fourth-order valence-corrected chi connectivity index (χ4v) is 3.70. The van der Waals surface area contributed by atoms with Crippen molar-refractivity contribution in [2.24, 2.45) is 5.92 Å². The Hall–Kier alpha value is -2.79. The predicted molar refractivity (Wildman–Crippen MR) is 113 cm³/mol. The number of benzene rings is 2. The van der Waals surface area contributed by atoms with E-state index in [0.717, 1.165) is 0 Å². The van der Waals surface area contributed by atoms with Gasteiger partial charge in [-0.25, -0.2) is 0 Å². The van der Waals surface area contributed by atoms with Crippen LogP contribution in [0.5, 0.6) is 5.75 Å². The van der Waals surface area contributed by atoms with Crippen molar-refractivity contribution in [3.8, 4) is 5.75 Å². The molecule has 1 atom stereocenters. The molecule has 3 rings (SSSR count). The minimum absolute atomic E-state index is 0.0912. The van der Waals surface area contributed by atoms with E-state index in [-0.39, 0.29) is 23.7 Å². The van der Waals surface area contributed by atoms with Gasteiger partial charge < -0.3 is 9.84 Å². The number of ether oxygens (including phenoxy) is 1. The lowest BCUT2D eigenvalue weighted by atomic mass is 9.92. The van der Waals surface area contributed by atoms with Gasteiger partial charge in [0.1, 0.15) is 5.75 Å². The summed E-state index contributed by atoms with van der Waals surface area (Å²) in [6.45, 7) is 6.22. The molecular formula is C23H24ClNO4. The van der Waals surface area contributed by atoms with E-state index in [1.165, 1.54) is 4.90 Å². The lowest BCUT2D eigenvalue weighted by Crippen LogP contribution is -2.31. The van der Waals surface area contributed by atoms with Gasteiger partial charge in [0.15, 0.2) is 11.5 Å². The minimum Gasteiger partial charge on any atom is -0.503 e. The molecule has 5 nitrogen and oxygen atoms in total. The molecule has 1 unspecified atom stereocenters. The number of carbonyl (C=O) groups excluding carboxylic acids is 2. The standard InChI is InChI=1S/C23H24ClNO4/c1-4-29-18-10-5-7-15(12-18)21-20(19(26)11-14(2)3)22(27)23(28)25(21)17-9-6-8-16(24)13-17/h5-10,12-14,21,27H,4,11H2,1-3H3. The fraction of sp³-hybridized carbons (Fsp3) is 0.304. The van der Waals surface area contributed by atoms with Gasteiger partial charge in [-0.3, -0.25) is 14.5 Å². The van der Waals surface area contributed by atoms with Crippen molar-refractivity contribution in [2.75, 3.05) is 11.5 Å². The molecule has 0 radical (unpaired) electrons. The zero-order valence-corrected chi connectivity index (χ0v) is 17.4. The molecule has 1 amide bonds. The van der Waals surface area contributed by atoms with Crippen LogP contribution < -0.4 is 9.64 Å². The van der Waals surface area contributed by atoms with E-state index >= 15 is 0 Å².